The minimum atomic E-state index is -0.297. The lowest BCUT2D eigenvalue weighted by Gasteiger charge is -2.15. The number of carbonyl (C=O) groups is 1. The molecule has 2 aromatic carbocycles. The number of halogens is 1. The standard InChI is InChI=1S/C18H16FN3O/c1-13(14-7-9-15(19)10-8-14)21-18(23)17-11-20-12-22(17)16-5-3-2-4-6-16/h2-13H,1H3,(H,21,23)/t13-/m1/s1. The van der Waals surface area contributed by atoms with Gasteiger partial charge in [-0.1, -0.05) is 30.3 Å². The number of carbonyl (C=O) groups excluding carboxylic acids is 1. The molecule has 1 heterocycles. The van der Waals surface area contributed by atoms with E-state index in [0.717, 1.165) is 11.3 Å². The van der Waals surface area contributed by atoms with Gasteiger partial charge in [0.25, 0.3) is 5.91 Å². The van der Waals surface area contributed by atoms with Crippen molar-refractivity contribution in [3.05, 3.63) is 84.2 Å². The first-order valence-corrected chi connectivity index (χ1v) is 7.29. The summed E-state index contributed by atoms with van der Waals surface area (Å²) in [5, 5.41) is 2.91. The first-order chi connectivity index (χ1) is 11.1. The van der Waals surface area contributed by atoms with E-state index in [1.165, 1.54) is 18.3 Å². The van der Waals surface area contributed by atoms with E-state index >= 15 is 0 Å². The number of benzene rings is 2. The average molecular weight is 309 g/mol. The Balaban J connectivity index is 1.79. The lowest BCUT2D eigenvalue weighted by molar-refractivity contribution is 0.0933. The summed E-state index contributed by atoms with van der Waals surface area (Å²) < 4.78 is 14.7. The second-order valence-corrected chi connectivity index (χ2v) is 5.23. The van der Waals surface area contributed by atoms with E-state index in [9.17, 15) is 9.18 Å². The van der Waals surface area contributed by atoms with Gasteiger partial charge in [-0.15, -0.1) is 0 Å². The number of amides is 1. The van der Waals surface area contributed by atoms with E-state index in [2.05, 4.69) is 10.3 Å². The van der Waals surface area contributed by atoms with Crippen molar-refractivity contribution in [1.29, 1.82) is 0 Å². The quantitative estimate of drug-likeness (QED) is 0.802. The average Bonchev–Trinajstić information content (AvgIpc) is 3.06. The molecule has 3 rings (SSSR count). The molecular weight excluding hydrogens is 293 g/mol. The van der Waals surface area contributed by atoms with Gasteiger partial charge in [0.05, 0.1) is 18.6 Å². The molecule has 0 saturated carbocycles. The summed E-state index contributed by atoms with van der Waals surface area (Å²) in [5.41, 5.74) is 2.15. The summed E-state index contributed by atoms with van der Waals surface area (Å²) in [6.45, 7) is 1.86. The van der Waals surface area contributed by atoms with Crippen LogP contribution in [0.5, 0.6) is 0 Å². The Morgan fingerprint density at radius 1 is 1.13 bits per heavy atom. The maximum atomic E-state index is 13.0. The van der Waals surface area contributed by atoms with Crippen molar-refractivity contribution < 1.29 is 9.18 Å². The van der Waals surface area contributed by atoms with Crippen LogP contribution in [0.1, 0.15) is 29.0 Å². The van der Waals surface area contributed by atoms with Crippen molar-refractivity contribution in [2.75, 3.05) is 0 Å². The minimum absolute atomic E-state index is 0.233. The Labute approximate surface area is 133 Å². The third-order valence-corrected chi connectivity index (χ3v) is 3.62. The largest absolute Gasteiger partial charge is 0.344 e. The van der Waals surface area contributed by atoms with Crippen LogP contribution < -0.4 is 5.32 Å². The second kappa shape index (κ2) is 6.44. The highest BCUT2D eigenvalue weighted by atomic mass is 19.1. The summed E-state index contributed by atoms with van der Waals surface area (Å²) >= 11 is 0. The molecule has 4 nitrogen and oxygen atoms in total. The van der Waals surface area contributed by atoms with Crippen LogP contribution in [0.4, 0.5) is 4.39 Å². The van der Waals surface area contributed by atoms with E-state index in [1.807, 2.05) is 37.3 Å². The number of para-hydroxylation sites is 1. The Hall–Kier alpha value is -2.95. The molecule has 0 aliphatic heterocycles. The fraction of sp³-hybridized carbons (Fsp3) is 0.111. The lowest BCUT2D eigenvalue weighted by atomic mass is 10.1. The highest BCUT2D eigenvalue weighted by Gasteiger charge is 2.16. The van der Waals surface area contributed by atoms with Gasteiger partial charge >= 0.3 is 0 Å². The van der Waals surface area contributed by atoms with Crippen LogP contribution in [-0.2, 0) is 0 Å². The Bertz CT molecular complexity index is 797. The molecule has 3 aromatic rings. The van der Waals surface area contributed by atoms with E-state index in [-0.39, 0.29) is 17.8 Å². The molecule has 0 unspecified atom stereocenters. The van der Waals surface area contributed by atoms with Gasteiger partial charge in [-0.2, -0.15) is 0 Å². The summed E-state index contributed by atoms with van der Waals surface area (Å²) in [4.78, 5) is 16.6. The predicted octanol–water partition coefficient (Wildman–Crippen LogP) is 3.50. The number of hydrogen-bond donors (Lipinski definition) is 1. The number of nitrogens with zero attached hydrogens (tertiary/aromatic N) is 2. The highest BCUT2D eigenvalue weighted by molar-refractivity contribution is 5.93. The van der Waals surface area contributed by atoms with Gasteiger partial charge in [0.15, 0.2) is 0 Å². The SMILES string of the molecule is C[C@@H](NC(=O)c1cncn1-c1ccccc1)c1ccc(F)cc1. The number of aromatic nitrogens is 2. The Morgan fingerprint density at radius 2 is 1.83 bits per heavy atom. The predicted molar refractivity (Wildman–Crippen MR) is 85.8 cm³/mol. The smallest absolute Gasteiger partial charge is 0.270 e. The van der Waals surface area contributed by atoms with Crippen molar-refractivity contribution in [2.24, 2.45) is 0 Å². The van der Waals surface area contributed by atoms with Gasteiger partial charge in [0.1, 0.15) is 11.5 Å². The maximum Gasteiger partial charge on any atom is 0.270 e. The molecule has 0 aliphatic carbocycles. The molecule has 0 spiro atoms. The summed E-state index contributed by atoms with van der Waals surface area (Å²) in [6.07, 6.45) is 3.13. The fourth-order valence-electron chi connectivity index (χ4n) is 2.36. The molecule has 23 heavy (non-hydrogen) atoms. The monoisotopic (exact) mass is 309 g/mol. The van der Waals surface area contributed by atoms with Crippen molar-refractivity contribution in [1.82, 2.24) is 14.9 Å². The zero-order valence-electron chi connectivity index (χ0n) is 12.6. The first kappa shape index (κ1) is 15.0. The van der Waals surface area contributed by atoms with Crippen LogP contribution in [0.15, 0.2) is 67.1 Å². The van der Waals surface area contributed by atoms with E-state index in [1.54, 1.807) is 23.0 Å². The molecular formula is C18H16FN3O. The molecule has 0 saturated heterocycles. The highest BCUT2D eigenvalue weighted by Crippen LogP contribution is 2.15. The third kappa shape index (κ3) is 3.29. The van der Waals surface area contributed by atoms with Gasteiger partial charge in [-0.25, -0.2) is 9.37 Å². The second-order valence-electron chi connectivity index (χ2n) is 5.23. The zero-order chi connectivity index (χ0) is 16.2. The number of rotatable bonds is 4. The van der Waals surface area contributed by atoms with E-state index in [0.29, 0.717) is 5.69 Å². The first-order valence-electron chi connectivity index (χ1n) is 7.29. The van der Waals surface area contributed by atoms with Crippen molar-refractivity contribution in [3.63, 3.8) is 0 Å². The summed E-state index contributed by atoms with van der Waals surface area (Å²) in [5.74, 6) is -0.530. The van der Waals surface area contributed by atoms with Crippen LogP contribution in [0.2, 0.25) is 0 Å². The van der Waals surface area contributed by atoms with Crippen LogP contribution in [-0.4, -0.2) is 15.5 Å². The number of imidazole rings is 1. The fourth-order valence-corrected chi connectivity index (χ4v) is 2.36. The minimum Gasteiger partial charge on any atom is -0.344 e. The van der Waals surface area contributed by atoms with Gasteiger partial charge in [0.2, 0.25) is 0 Å². The zero-order valence-corrected chi connectivity index (χ0v) is 12.6. The van der Waals surface area contributed by atoms with E-state index < -0.39 is 0 Å². The van der Waals surface area contributed by atoms with Crippen molar-refractivity contribution in [2.45, 2.75) is 13.0 Å². The summed E-state index contributed by atoms with van der Waals surface area (Å²) in [6, 6.07) is 15.4. The molecule has 1 N–H and O–H groups in total. The Kier molecular flexibility index (Phi) is 4.19. The molecule has 116 valence electrons. The lowest BCUT2D eigenvalue weighted by Crippen LogP contribution is -2.28. The third-order valence-electron chi connectivity index (χ3n) is 3.62. The number of nitrogens with one attached hydrogen (secondary N) is 1. The van der Waals surface area contributed by atoms with Crippen molar-refractivity contribution in [3.8, 4) is 5.69 Å². The normalized spacial score (nSPS) is 11.9. The maximum absolute atomic E-state index is 13.0. The molecule has 0 fully saturated rings. The molecule has 1 amide bonds. The van der Waals surface area contributed by atoms with Gasteiger partial charge in [0, 0.05) is 5.69 Å². The Morgan fingerprint density at radius 3 is 2.52 bits per heavy atom. The molecule has 0 bridgehead atoms. The van der Waals surface area contributed by atoms with Gasteiger partial charge in [-0.05, 0) is 36.8 Å². The van der Waals surface area contributed by atoms with E-state index in [4.69, 9.17) is 0 Å². The van der Waals surface area contributed by atoms with Gasteiger partial charge in [-0.3, -0.25) is 9.36 Å². The van der Waals surface area contributed by atoms with Gasteiger partial charge < -0.3 is 5.32 Å². The topological polar surface area (TPSA) is 46.9 Å². The van der Waals surface area contributed by atoms with Crippen LogP contribution in [0.3, 0.4) is 0 Å². The molecule has 1 atom stereocenters. The molecule has 0 radical (unpaired) electrons. The molecule has 5 heteroatoms. The summed E-state index contributed by atoms with van der Waals surface area (Å²) in [7, 11) is 0. The molecule has 1 aromatic heterocycles. The van der Waals surface area contributed by atoms with Crippen LogP contribution in [0.25, 0.3) is 5.69 Å². The van der Waals surface area contributed by atoms with Crippen LogP contribution >= 0.6 is 0 Å². The number of hydrogen-bond acceptors (Lipinski definition) is 2. The van der Waals surface area contributed by atoms with Crippen molar-refractivity contribution >= 4 is 5.91 Å². The molecule has 0 aliphatic rings. The van der Waals surface area contributed by atoms with Crippen LogP contribution in [0, 0.1) is 5.82 Å².